The van der Waals surface area contributed by atoms with E-state index in [-0.39, 0.29) is 11.9 Å². The first kappa shape index (κ1) is 16.0. The summed E-state index contributed by atoms with van der Waals surface area (Å²) in [5, 5.41) is 13.0. The average Bonchev–Trinajstić information content (AvgIpc) is 2.61. The van der Waals surface area contributed by atoms with Gasteiger partial charge in [-0.3, -0.25) is 4.79 Å². The largest absolute Gasteiger partial charge is 0.507 e. The van der Waals surface area contributed by atoms with E-state index in [1.165, 1.54) is 0 Å². The molecule has 4 heteroatoms. The number of aromatic hydroxyl groups is 1. The van der Waals surface area contributed by atoms with Crippen LogP contribution in [0.25, 0.3) is 10.8 Å². The van der Waals surface area contributed by atoms with E-state index in [0.717, 1.165) is 10.8 Å². The number of allylic oxidation sites excluding steroid dienone is 2. The van der Waals surface area contributed by atoms with Crippen molar-refractivity contribution < 1.29 is 14.6 Å². The Balaban J connectivity index is 2.34. The molecule has 2 atom stereocenters. The Morgan fingerprint density at radius 3 is 2.83 bits per heavy atom. The van der Waals surface area contributed by atoms with Gasteiger partial charge in [0.25, 0.3) is 0 Å². The Hall–Kier alpha value is -1.91. The minimum Gasteiger partial charge on any atom is -0.507 e. The zero-order valence-electron chi connectivity index (χ0n) is 12.7. The third-order valence-electron chi connectivity index (χ3n) is 4.45. The van der Waals surface area contributed by atoms with Gasteiger partial charge in [0.2, 0.25) is 0 Å². The predicted octanol–water partition coefficient (Wildman–Crippen LogP) is 4.13. The number of hydrogen-bond donors (Lipinski definition) is 1. The van der Waals surface area contributed by atoms with Crippen LogP contribution in [0.4, 0.5) is 0 Å². The number of fused-ring (bicyclic) bond motifs is 1. The van der Waals surface area contributed by atoms with E-state index in [0.29, 0.717) is 22.7 Å². The standard InChI is InChI=1S/C19H17BrO3/c1-23-17-8-4-5-9-19(17,12-20)16-10-13-6-2-3-7-14(13)15(11-21)18(16)22/h2-11,17,22H,12H2,1H3. The highest BCUT2D eigenvalue weighted by Crippen LogP contribution is 2.43. The lowest BCUT2D eigenvalue weighted by molar-refractivity contribution is 0.0949. The van der Waals surface area contributed by atoms with Crippen LogP contribution in [0.3, 0.4) is 0 Å². The van der Waals surface area contributed by atoms with Gasteiger partial charge in [0, 0.05) is 18.0 Å². The first-order chi connectivity index (χ1) is 11.2. The average molecular weight is 373 g/mol. The van der Waals surface area contributed by atoms with Gasteiger partial charge in [-0.15, -0.1) is 0 Å². The summed E-state index contributed by atoms with van der Waals surface area (Å²) < 4.78 is 5.63. The summed E-state index contributed by atoms with van der Waals surface area (Å²) in [5.41, 5.74) is 0.425. The van der Waals surface area contributed by atoms with Gasteiger partial charge in [-0.1, -0.05) is 64.5 Å². The Labute approximate surface area is 143 Å². The number of alkyl halides is 1. The van der Waals surface area contributed by atoms with Crippen molar-refractivity contribution in [2.24, 2.45) is 0 Å². The summed E-state index contributed by atoms with van der Waals surface area (Å²) in [4.78, 5) is 11.6. The number of phenols is 1. The smallest absolute Gasteiger partial charge is 0.154 e. The topological polar surface area (TPSA) is 46.5 Å². The van der Waals surface area contributed by atoms with Crippen LogP contribution in [0.1, 0.15) is 15.9 Å². The molecular formula is C19H17BrO3. The molecule has 0 bridgehead atoms. The molecule has 2 aromatic carbocycles. The molecule has 0 amide bonds. The zero-order valence-corrected chi connectivity index (χ0v) is 14.3. The number of methoxy groups -OCH3 is 1. The van der Waals surface area contributed by atoms with Crippen molar-refractivity contribution in [2.75, 3.05) is 12.4 Å². The van der Waals surface area contributed by atoms with Gasteiger partial charge in [-0.05, 0) is 16.8 Å². The Kier molecular flexibility index (Phi) is 4.37. The second kappa shape index (κ2) is 6.30. The van der Waals surface area contributed by atoms with Crippen molar-refractivity contribution in [3.05, 3.63) is 65.8 Å². The maximum atomic E-state index is 11.6. The number of rotatable bonds is 4. The van der Waals surface area contributed by atoms with Crippen molar-refractivity contribution in [1.82, 2.24) is 0 Å². The first-order valence-electron chi connectivity index (χ1n) is 7.33. The maximum absolute atomic E-state index is 11.6. The van der Waals surface area contributed by atoms with Crippen molar-refractivity contribution in [2.45, 2.75) is 11.5 Å². The van der Waals surface area contributed by atoms with Crippen LogP contribution in [0.15, 0.2) is 54.6 Å². The summed E-state index contributed by atoms with van der Waals surface area (Å²) >= 11 is 3.57. The summed E-state index contributed by atoms with van der Waals surface area (Å²) in [6.07, 6.45) is 8.30. The van der Waals surface area contributed by atoms with Crippen LogP contribution >= 0.6 is 15.9 Å². The first-order valence-corrected chi connectivity index (χ1v) is 8.45. The van der Waals surface area contributed by atoms with Gasteiger partial charge in [-0.2, -0.15) is 0 Å². The summed E-state index contributed by atoms with van der Waals surface area (Å²) in [6.45, 7) is 0. The molecule has 2 aromatic rings. The molecule has 0 aromatic heterocycles. The number of hydrogen-bond acceptors (Lipinski definition) is 3. The lowest BCUT2D eigenvalue weighted by atomic mass is 9.73. The number of carbonyl (C=O) groups is 1. The molecule has 0 saturated heterocycles. The Bertz CT molecular complexity index is 810. The van der Waals surface area contributed by atoms with Gasteiger partial charge < -0.3 is 9.84 Å². The molecule has 1 aliphatic rings. The molecule has 1 aliphatic carbocycles. The highest BCUT2D eigenvalue weighted by atomic mass is 79.9. The van der Waals surface area contributed by atoms with Crippen molar-refractivity contribution in [3.63, 3.8) is 0 Å². The second-order valence-corrected chi connectivity index (χ2v) is 6.16. The van der Waals surface area contributed by atoms with E-state index in [2.05, 4.69) is 15.9 Å². The van der Waals surface area contributed by atoms with Crippen LogP contribution in [0.5, 0.6) is 5.75 Å². The van der Waals surface area contributed by atoms with E-state index in [1.807, 2.05) is 54.6 Å². The van der Waals surface area contributed by atoms with Gasteiger partial charge >= 0.3 is 0 Å². The highest BCUT2D eigenvalue weighted by Gasteiger charge is 2.40. The molecule has 118 valence electrons. The number of phenolic OH excluding ortho intramolecular Hbond substituents is 1. The minimum atomic E-state index is -0.574. The maximum Gasteiger partial charge on any atom is 0.154 e. The van der Waals surface area contributed by atoms with E-state index in [4.69, 9.17) is 4.74 Å². The summed E-state index contributed by atoms with van der Waals surface area (Å²) in [7, 11) is 1.64. The van der Waals surface area contributed by atoms with Crippen LogP contribution < -0.4 is 0 Å². The van der Waals surface area contributed by atoms with Crippen LogP contribution in [-0.4, -0.2) is 29.9 Å². The third kappa shape index (κ3) is 2.42. The SMILES string of the molecule is COC1C=CC=CC1(CBr)c1cc2ccccc2c(C=O)c1O. The van der Waals surface area contributed by atoms with Crippen molar-refractivity contribution >= 4 is 33.0 Å². The van der Waals surface area contributed by atoms with E-state index < -0.39 is 5.41 Å². The Morgan fingerprint density at radius 2 is 2.13 bits per heavy atom. The normalized spacial score (nSPS) is 23.3. The number of ether oxygens (including phenoxy) is 1. The fourth-order valence-electron chi connectivity index (χ4n) is 3.22. The molecule has 0 radical (unpaired) electrons. The highest BCUT2D eigenvalue weighted by molar-refractivity contribution is 9.09. The molecule has 0 fully saturated rings. The van der Waals surface area contributed by atoms with Gasteiger partial charge in [0.05, 0.1) is 17.1 Å². The molecule has 1 N–H and O–H groups in total. The predicted molar refractivity (Wildman–Crippen MR) is 95.5 cm³/mol. The molecule has 23 heavy (non-hydrogen) atoms. The van der Waals surface area contributed by atoms with E-state index in [1.54, 1.807) is 7.11 Å². The molecule has 0 heterocycles. The zero-order chi connectivity index (χ0) is 16.4. The van der Waals surface area contributed by atoms with Crippen LogP contribution in [-0.2, 0) is 10.2 Å². The second-order valence-electron chi connectivity index (χ2n) is 5.60. The molecule has 0 spiro atoms. The molecule has 0 aliphatic heterocycles. The lowest BCUT2D eigenvalue weighted by Gasteiger charge is -2.37. The van der Waals surface area contributed by atoms with Crippen molar-refractivity contribution in [1.29, 1.82) is 0 Å². The number of benzene rings is 2. The minimum absolute atomic E-state index is 0.0140. The number of carbonyl (C=O) groups excluding carboxylic acids is 1. The fourth-order valence-corrected chi connectivity index (χ4v) is 4.03. The van der Waals surface area contributed by atoms with Gasteiger partial charge in [0.15, 0.2) is 6.29 Å². The number of aldehydes is 1. The monoisotopic (exact) mass is 372 g/mol. The Morgan fingerprint density at radius 1 is 1.35 bits per heavy atom. The third-order valence-corrected chi connectivity index (χ3v) is 5.38. The van der Waals surface area contributed by atoms with Gasteiger partial charge in [0.1, 0.15) is 5.75 Å². The molecule has 0 saturated carbocycles. The molecule has 3 rings (SSSR count). The van der Waals surface area contributed by atoms with Gasteiger partial charge in [-0.25, -0.2) is 0 Å². The molecular weight excluding hydrogens is 356 g/mol. The quantitative estimate of drug-likeness (QED) is 0.648. The molecule has 2 unspecified atom stereocenters. The summed E-state index contributed by atoms with van der Waals surface area (Å²) in [6, 6.07) is 9.50. The lowest BCUT2D eigenvalue weighted by Crippen LogP contribution is -2.41. The fraction of sp³-hybridized carbons (Fsp3) is 0.211. The van der Waals surface area contributed by atoms with Crippen LogP contribution in [0.2, 0.25) is 0 Å². The molecule has 3 nitrogen and oxygen atoms in total. The number of halogens is 1. The van der Waals surface area contributed by atoms with Crippen molar-refractivity contribution in [3.8, 4) is 5.75 Å². The van der Waals surface area contributed by atoms with Crippen LogP contribution in [0, 0.1) is 0 Å². The van der Waals surface area contributed by atoms with E-state index >= 15 is 0 Å². The summed E-state index contributed by atoms with van der Waals surface area (Å²) in [5.74, 6) is 0.0140. The van der Waals surface area contributed by atoms with E-state index in [9.17, 15) is 9.90 Å².